The topological polar surface area (TPSA) is 61.5 Å². The summed E-state index contributed by atoms with van der Waals surface area (Å²) >= 11 is 0. The Bertz CT molecular complexity index is 737. The summed E-state index contributed by atoms with van der Waals surface area (Å²) in [5.41, 5.74) is 1.81. The first-order valence-corrected chi connectivity index (χ1v) is 10.2. The smallest absolute Gasteiger partial charge is 0.271 e. The minimum absolute atomic E-state index is 0.0580. The quantitative estimate of drug-likeness (QED) is 0.757. The Hall–Kier alpha value is -2.34. The number of hydrogen-bond acceptors (Lipinski definition) is 4. The Morgan fingerprint density at radius 1 is 1.29 bits per heavy atom. The van der Waals surface area contributed by atoms with Crippen molar-refractivity contribution in [2.45, 2.75) is 33.2 Å². The van der Waals surface area contributed by atoms with Crippen molar-refractivity contribution >= 4 is 5.91 Å². The molecule has 1 amide bonds. The molecule has 1 saturated heterocycles. The average molecular weight is 385 g/mol. The van der Waals surface area contributed by atoms with Crippen LogP contribution in [0.1, 0.15) is 42.7 Å². The maximum absolute atomic E-state index is 12.8. The molecule has 0 spiro atoms. The molecule has 1 aromatic carbocycles. The van der Waals surface area contributed by atoms with E-state index in [4.69, 9.17) is 4.74 Å². The number of nitrogens with one attached hydrogen (secondary N) is 1. The molecule has 0 radical (unpaired) electrons. The van der Waals surface area contributed by atoms with Crippen LogP contribution in [0.5, 0.6) is 5.75 Å². The summed E-state index contributed by atoms with van der Waals surface area (Å²) in [5.74, 6) is 2.00. The minimum Gasteiger partial charge on any atom is -0.496 e. The first-order chi connectivity index (χ1) is 13.6. The number of carbonyl (C=O) groups excluding carboxylic acids is 1. The molecule has 6 heteroatoms. The highest BCUT2D eigenvalue weighted by atomic mass is 16.5. The molecule has 0 aliphatic carbocycles. The number of H-pyrrole nitrogens is 1. The third-order valence-corrected chi connectivity index (χ3v) is 5.38. The largest absolute Gasteiger partial charge is 0.496 e. The number of amides is 1. The number of ether oxygens (including phenoxy) is 1. The first-order valence-electron chi connectivity index (χ1n) is 10.2. The summed E-state index contributed by atoms with van der Waals surface area (Å²) in [6.45, 7) is 8.93. The van der Waals surface area contributed by atoms with Gasteiger partial charge in [0.1, 0.15) is 11.4 Å². The highest BCUT2D eigenvalue weighted by Gasteiger charge is 2.25. The molecule has 28 heavy (non-hydrogen) atoms. The molecule has 0 atom stereocenters. The van der Waals surface area contributed by atoms with Gasteiger partial charge in [-0.05, 0) is 49.9 Å². The van der Waals surface area contributed by atoms with Gasteiger partial charge in [-0.3, -0.25) is 14.8 Å². The number of rotatable bonds is 8. The Labute approximate surface area is 167 Å². The van der Waals surface area contributed by atoms with Gasteiger partial charge in [-0.2, -0.15) is 5.10 Å². The van der Waals surface area contributed by atoms with Gasteiger partial charge in [0, 0.05) is 31.4 Å². The predicted octanol–water partition coefficient (Wildman–Crippen LogP) is 3.43. The molecule has 1 aliphatic rings. The van der Waals surface area contributed by atoms with Gasteiger partial charge < -0.3 is 9.64 Å². The lowest BCUT2D eigenvalue weighted by atomic mass is 9.95. The molecule has 1 aliphatic heterocycles. The molecule has 0 saturated carbocycles. The molecule has 0 unspecified atom stereocenters. The van der Waals surface area contributed by atoms with Crippen LogP contribution in [-0.2, 0) is 6.54 Å². The molecule has 3 rings (SSSR count). The number of aromatic amines is 1. The van der Waals surface area contributed by atoms with Crippen LogP contribution in [0.2, 0.25) is 0 Å². The summed E-state index contributed by atoms with van der Waals surface area (Å²) in [4.78, 5) is 17.3. The Kier molecular flexibility index (Phi) is 7.09. The summed E-state index contributed by atoms with van der Waals surface area (Å²) in [7, 11) is 1.73. The van der Waals surface area contributed by atoms with Gasteiger partial charge in [0.05, 0.1) is 7.11 Å². The highest BCUT2D eigenvalue weighted by molar-refractivity contribution is 5.92. The predicted molar refractivity (Wildman–Crippen MR) is 110 cm³/mol. The Balaban J connectivity index is 1.55. The van der Waals surface area contributed by atoms with E-state index in [0.29, 0.717) is 17.5 Å². The number of benzene rings is 1. The number of carbonyl (C=O) groups is 1. The summed E-state index contributed by atoms with van der Waals surface area (Å²) in [6, 6.07) is 9.99. The number of aromatic nitrogens is 2. The fraction of sp³-hybridized carbons (Fsp3) is 0.545. The van der Waals surface area contributed by atoms with Crippen LogP contribution < -0.4 is 4.74 Å². The van der Waals surface area contributed by atoms with E-state index < -0.39 is 0 Å². The van der Waals surface area contributed by atoms with Crippen LogP contribution in [0.25, 0.3) is 0 Å². The molecule has 2 heterocycles. The van der Waals surface area contributed by atoms with Crippen molar-refractivity contribution in [2.75, 3.05) is 33.3 Å². The molecule has 1 N–H and O–H groups in total. The zero-order valence-corrected chi connectivity index (χ0v) is 17.2. The summed E-state index contributed by atoms with van der Waals surface area (Å²) < 4.78 is 5.48. The van der Waals surface area contributed by atoms with Crippen molar-refractivity contribution in [2.24, 2.45) is 11.8 Å². The molecule has 2 aromatic rings. The van der Waals surface area contributed by atoms with Gasteiger partial charge in [-0.25, -0.2) is 0 Å². The summed E-state index contributed by atoms with van der Waals surface area (Å²) in [6.07, 6.45) is 3.86. The van der Waals surface area contributed by atoms with Crippen LogP contribution >= 0.6 is 0 Å². The third kappa shape index (κ3) is 5.35. The van der Waals surface area contributed by atoms with Crippen LogP contribution in [0.4, 0.5) is 0 Å². The van der Waals surface area contributed by atoms with Gasteiger partial charge in [-0.15, -0.1) is 0 Å². The van der Waals surface area contributed by atoms with Crippen molar-refractivity contribution in [1.82, 2.24) is 20.0 Å². The molecule has 152 valence electrons. The number of hydrogen-bond donors (Lipinski definition) is 1. The van der Waals surface area contributed by atoms with Crippen LogP contribution in [0, 0.1) is 11.8 Å². The zero-order chi connectivity index (χ0) is 19.9. The van der Waals surface area contributed by atoms with Gasteiger partial charge in [0.15, 0.2) is 0 Å². The number of piperidine rings is 1. The van der Waals surface area contributed by atoms with Crippen LogP contribution in [-0.4, -0.2) is 59.2 Å². The fourth-order valence-corrected chi connectivity index (χ4v) is 3.94. The van der Waals surface area contributed by atoms with Crippen molar-refractivity contribution in [3.8, 4) is 5.75 Å². The van der Waals surface area contributed by atoms with Gasteiger partial charge >= 0.3 is 0 Å². The number of para-hydroxylation sites is 1. The number of nitrogens with zero attached hydrogens (tertiary/aromatic N) is 3. The van der Waals surface area contributed by atoms with Crippen LogP contribution in [0.15, 0.2) is 36.5 Å². The van der Waals surface area contributed by atoms with Crippen molar-refractivity contribution < 1.29 is 9.53 Å². The van der Waals surface area contributed by atoms with E-state index in [1.54, 1.807) is 19.4 Å². The normalized spacial score (nSPS) is 15.7. The highest BCUT2D eigenvalue weighted by Crippen LogP contribution is 2.24. The average Bonchev–Trinajstić information content (AvgIpc) is 3.23. The van der Waals surface area contributed by atoms with Crippen molar-refractivity contribution in [1.29, 1.82) is 0 Å². The molecule has 1 aromatic heterocycles. The van der Waals surface area contributed by atoms with E-state index in [0.717, 1.165) is 51.3 Å². The molecule has 0 bridgehead atoms. The molecular weight excluding hydrogens is 352 g/mol. The number of likely N-dealkylation sites (tertiary alicyclic amines) is 1. The van der Waals surface area contributed by atoms with E-state index in [1.807, 2.05) is 17.0 Å². The van der Waals surface area contributed by atoms with E-state index in [2.05, 4.69) is 41.1 Å². The Morgan fingerprint density at radius 3 is 2.68 bits per heavy atom. The van der Waals surface area contributed by atoms with Crippen molar-refractivity contribution in [3.05, 3.63) is 47.8 Å². The van der Waals surface area contributed by atoms with Crippen molar-refractivity contribution in [3.63, 3.8) is 0 Å². The van der Waals surface area contributed by atoms with E-state index in [9.17, 15) is 4.79 Å². The second-order valence-electron chi connectivity index (χ2n) is 8.11. The van der Waals surface area contributed by atoms with Gasteiger partial charge in [0.2, 0.25) is 0 Å². The standard InChI is InChI=1S/C22H32N4O2/c1-17(2)14-26(22(27)20-8-11-23-24-20)15-18-9-12-25(13-10-18)16-19-6-4-5-7-21(19)28-3/h4-8,11,17-18H,9-10,12-16H2,1-3H3,(H,23,24). The van der Waals surface area contributed by atoms with E-state index in [-0.39, 0.29) is 5.91 Å². The second kappa shape index (κ2) is 9.73. The van der Waals surface area contributed by atoms with Gasteiger partial charge in [0.25, 0.3) is 5.91 Å². The maximum Gasteiger partial charge on any atom is 0.271 e. The van der Waals surface area contributed by atoms with Gasteiger partial charge in [-0.1, -0.05) is 32.0 Å². The molecule has 1 fully saturated rings. The monoisotopic (exact) mass is 384 g/mol. The zero-order valence-electron chi connectivity index (χ0n) is 17.2. The van der Waals surface area contributed by atoms with E-state index >= 15 is 0 Å². The Morgan fingerprint density at radius 2 is 2.04 bits per heavy atom. The third-order valence-electron chi connectivity index (χ3n) is 5.38. The fourth-order valence-electron chi connectivity index (χ4n) is 3.94. The number of methoxy groups -OCH3 is 1. The molecule has 6 nitrogen and oxygen atoms in total. The first kappa shape index (κ1) is 20.4. The minimum atomic E-state index is 0.0580. The molecular formula is C22H32N4O2. The lowest BCUT2D eigenvalue weighted by Crippen LogP contribution is -2.42. The maximum atomic E-state index is 12.8. The lowest BCUT2D eigenvalue weighted by molar-refractivity contribution is 0.0657. The van der Waals surface area contributed by atoms with E-state index in [1.165, 1.54) is 5.56 Å². The van der Waals surface area contributed by atoms with Crippen LogP contribution in [0.3, 0.4) is 0 Å². The summed E-state index contributed by atoms with van der Waals surface area (Å²) in [5, 5.41) is 6.74. The lowest BCUT2D eigenvalue weighted by Gasteiger charge is -2.35. The SMILES string of the molecule is COc1ccccc1CN1CCC(CN(CC(C)C)C(=O)c2ccn[nH]2)CC1. The second-order valence-corrected chi connectivity index (χ2v) is 8.11.